The fourth-order valence-corrected chi connectivity index (χ4v) is 16.7. The normalized spacial score (nSPS) is 13.5. The summed E-state index contributed by atoms with van der Waals surface area (Å²) in [5.41, 5.74) is 25.0. The van der Waals surface area contributed by atoms with Gasteiger partial charge in [0.1, 0.15) is 58.8 Å². The van der Waals surface area contributed by atoms with Gasteiger partial charge in [0.2, 0.25) is 45.5 Å². The van der Waals surface area contributed by atoms with Crippen LogP contribution in [0.4, 0.5) is 0 Å². The first-order valence-electron chi connectivity index (χ1n) is 34.7. The topological polar surface area (TPSA) is 237 Å². The molecule has 0 bridgehead atoms. The Labute approximate surface area is 587 Å². The predicted molar refractivity (Wildman–Crippen MR) is 377 cm³/mol. The van der Waals surface area contributed by atoms with E-state index in [4.69, 9.17) is 18.5 Å². The van der Waals surface area contributed by atoms with Crippen molar-refractivity contribution in [1.82, 2.24) is 100 Å². The molecule has 27 nitrogen and oxygen atoms in total. The summed E-state index contributed by atoms with van der Waals surface area (Å²) in [4.78, 5) is 57.4. The molecule has 0 amide bonds. The van der Waals surface area contributed by atoms with E-state index in [1.807, 2.05) is 152 Å². The highest BCUT2D eigenvalue weighted by Crippen LogP contribution is 2.39. The Hall–Kier alpha value is -14.0. The summed E-state index contributed by atoms with van der Waals surface area (Å²) >= 11 is 1.83. The molecule has 20 aromatic heterocycles. The van der Waals surface area contributed by atoms with Crippen LogP contribution in [0.15, 0.2) is 232 Å². The summed E-state index contributed by atoms with van der Waals surface area (Å²) in [7, 11) is 2.07. The van der Waals surface area contributed by atoms with Crippen molar-refractivity contribution in [3.05, 3.63) is 256 Å². The zero-order valence-electron chi connectivity index (χ0n) is 57.3. The number of aromatic nitrogens is 26. The highest BCUT2D eigenvalue weighted by atomic mass is 32.1. The molecule has 0 unspecified atom stereocenters. The van der Waals surface area contributed by atoms with Crippen LogP contribution in [-0.2, 0) is 46.7 Å². The van der Waals surface area contributed by atoms with Crippen LogP contribution in [0.3, 0.4) is 0 Å². The molecule has 0 atom stereocenters. The highest BCUT2D eigenvalue weighted by Gasteiger charge is 2.41. The van der Waals surface area contributed by atoms with Crippen LogP contribution in [0.5, 0.6) is 0 Å². The van der Waals surface area contributed by atoms with Gasteiger partial charge in [-0.1, -0.05) is 34.5 Å². The molecule has 21 aromatic rings. The van der Waals surface area contributed by atoms with Crippen LogP contribution >= 0.6 is 11.3 Å². The molecule has 0 saturated heterocycles. The monoisotopic (exact) mass is 1370 g/mol. The van der Waals surface area contributed by atoms with Gasteiger partial charge in [-0.2, -0.15) is 23.3 Å². The Morgan fingerprint density at radius 1 is 0.466 bits per heavy atom. The van der Waals surface area contributed by atoms with Gasteiger partial charge in [0.15, 0.2) is 25.7 Å². The maximum atomic E-state index is 8.00. The minimum Gasteiger partial charge on any atom is -0.395 e. The predicted octanol–water partition coefficient (Wildman–Crippen LogP) is 8.30. The third-order valence-corrected chi connectivity index (χ3v) is 21.1. The number of thiazole rings is 1. The zero-order chi connectivity index (χ0) is 70.2. The lowest BCUT2D eigenvalue weighted by molar-refractivity contribution is -0.649. The van der Waals surface area contributed by atoms with E-state index in [1.54, 1.807) is 47.8 Å². The SMILES string of the molecule is C[n+]1c2n(c3nc4ccncn4c31)Cc1ncccc1-2.[2H]C([2H])([2H])[n+]1c2n(c3nc4ccncn4c31)Cc1ncccc1-2.c1ccc(-n2c3[n+](c4nc5ccncn5c42)Cc2ncccc2-3)cc1.c1cnc2c(c1)-c1oc3c4cnccn4cc3[n+]1C2.c1cnc2c(c1)-c1sc3c4cnccn4cc3[n+]1C2. The summed E-state index contributed by atoms with van der Waals surface area (Å²) in [5.74, 6) is 3.78. The highest BCUT2D eigenvalue weighted by molar-refractivity contribution is 7.22. The molecule has 0 N–H and O–H groups in total. The first-order valence-corrected chi connectivity index (χ1v) is 34.0. The van der Waals surface area contributed by atoms with Gasteiger partial charge in [0, 0.05) is 92.6 Å². The van der Waals surface area contributed by atoms with Crippen LogP contribution in [0.2, 0.25) is 0 Å². The van der Waals surface area contributed by atoms with E-state index in [2.05, 4.69) is 155 Å². The number of hydrogen-bond acceptors (Lipinski definition) is 15. The molecule has 25 heterocycles. The molecule has 0 aliphatic carbocycles. The van der Waals surface area contributed by atoms with Gasteiger partial charge in [0.25, 0.3) is 38.8 Å². The minimum absolute atomic E-state index is 0.516. The van der Waals surface area contributed by atoms with Gasteiger partial charge in [-0.05, 0) is 72.8 Å². The third-order valence-electron chi connectivity index (χ3n) is 19.9. The van der Waals surface area contributed by atoms with E-state index in [1.165, 1.54) is 42.1 Å². The van der Waals surface area contributed by atoms with Crippen molar-refractivity contribution in [2.24, 2.45) is 14.0 Å². The molecular formula is C75H53N26OS+5. The van der Waals surface area contributed by atoms with Crippen molar-refractivity contribution in [1.29, 1.82) is 0 Å². The Morgan fingerprint density at radius 3 is 1.65 bits per heavy atom. The molecule has 490 valence electrons. The second kappa shape index (κ2) is 21.7. The molecule has 28 heteroatoms. The zero-order valence-corrected chi connectivity index (χ0v) is 55.2. The Balaban J connectivity index is 0.0000000830. The summed E-state index contributed by atoms with van der Waals surface area (Å²) < 4.78 is 58.0. The van der Waals surface area contributed by atoms with E-state index in [0.29, 0.717) is 29.3 Å². The maximum Gasteiger partial charge on any atom is 0.384 e. The number of nitrogens with zero attached hydrogens (tertiary/aromatic N) is 26. The number of fused-ring (bicyclic) bond motifs is 35. The number of para-hydroxylation sites is 1. The van der Waals surface area contributed by atoms with E-state index in [-0.39, 0.29) is 0 Å². The van der Waals surface area contributed by atoms with Crippen molar-refractivity contribution < 1.29 is 31.4 Å². The van der Waals surface area contributed by atoms with Crippen LogP contribution in [0.25, 0.3) is 145 Å². The van der Waals surface area contributed by atoms with Gasteiger partial charge in [-0.15, -0.1) is 4.57 Å². The molecule has 5 aliphatic heterocycles. The lowest BCUT2D eigenvalue weighted by Gasteiger charge is -2.03. The number of oxazole rings is 1. The van der Waals surface area contributed by atoms with Gasteiger partial charge in [-0.3, -0.25) is 34.9 Å². The van der Waals surface area contributed by atoms with Crippen LogP contribution < -0.4 is 22.8 Å². The largest absolute Gasteiger partial charge is 0.395 e. The number of aryl methyl sites for hydroxylation is 2. The fraction of sp³-hybridized carbons (Fsp3) is 0.0933. The second-order valence-corrected chi connectivity index (χ2v) is 26.4. The summed E-state index contributed by atoms with van der Waals surface area (Å²) in [6.45, 7) is 1.34. The average molecular weight is 1370 g/mol. The number of hydrogen-bond donors (Lipinski definition) is 0. The van der Waals surface area contributed by atoms with E-state index in [0.717, 1.165) is 139 Å². The molecule has 0 saturated carbocycles. The van der Waals surface area contributed by atoms with Crippen molar-refractivity contribution in [3.8, 4) is 61.9 Å². The molecule has 5 aliphatic rings. The van der Waals surface area contributed by atoms with Crippen LogP contribution in [-0.4, -0.2) is 100 Å². The third kappa shape index (κ3) is 8.30. The first kappa shape index (κ1) is 54.0. The van der Waals surface area contributed by atoms with Gasteiger partial charge < -0.3 is 13.2 Å². The molecule has 0 radical (unpaired) electrons. The molecule has 103 heavy (non-hydrogen) atoms. The second-order valence-electron chi connectivity index (χ2n) is 25.4. The molecule has 1 aromatic carbocycles. The smallest absolute Gasteiger partial charge is 0.384 e. The van der Waals surface area contributed by atoms with E-state index >= 15 is 0 Å². The van der Waals surface area contributed by atoms with Gasteiger partial charge >= 0.3 is 11.5 Å². The summed E-state index contributed by atoms with van der Waals surface area (Å²) in [6, 6.07) is 36.1. The minimum atomic E-state index is -2.33. The molecule has 0 fully saturated rings. The summed E-state index contributed by atoms with van der Waals surface area (Å²) in [5, 5.41) is 1.31. The first-order chi connectivity index (χ1) is 52.1. The Kier molecular flexibility index (Phi) is 11.4. The Bertz CT molecular complexity index is 7090. The molecule has 26 rings (SSSR count). The van der Waals surface area contributed by atoms with Crippen molar-refractivity contribution in [2.75, 3.05) is 0 Å². The number of rotatable bonds is 1. The lowest BCUT2D eigenvalue weighted by Crippen LogP contribution is -2.32. The number of imidazole rings is 6. The standard InChI is InChI=1S/C19H13N6.2C14H11N6.C14H9N4O.C14H9N4S/c1-2-5-13(6-3-1)25-18-14-7-4-9-21-15(14)11-23(18)17-19(25)24-12-20-10-8-16(24)22-17;2*1-18-13-9-3-2-5-16-10(9)7-19(13)12-14(18)20-8-15-6-4-11(20)17-12;2*1-2-9-10(16-3-1)7-18-12-8-17-5-4-15-6-11(17)13(12)19-14(9)18/h1-10,12H,11H2;2*2-6,8H,7H2,1H3;2*1-6,8H,7H2/q5*+1/i;1D3;;;. The quantitative estimate of drug-likeness (QED) is 0.141. The fourth-order valence-electron chi connectivity index (χ4n) is 15.4. The van der Waals surface area contributed by atoms with Crippen molar-refractivity contribution in [2.45, 2.75) is 32.7 Å². The average Bonchev–Trinajstić information content (AvgIpc) is 1.56. The van der Waals surface area contributed by atoms with Crippen molar-refractivity contribution >= 4 is 94.5 Å². The molecular weight excluding hydrogens is 1310 g/mol. The summed E-state index contributed by atoms with van der Waals surface area (Å²) in [6.07, 6.45) is 35.0. The number of benzene rings is 1. The molecule has 0 spiro atoms. The van der Waals surface area contributed by atoms with E-state index in [9.17, 15) is 0 Å². The van der Waals surface area contributed by atoms with Gasteiger partial charge in [-0.25, -0.2) is 46.8 Å². The van der Waals surface area contributed by atoms with Crippen LogP contribution in [0, 0.1) is 0 Å². The van der Waals surface area contributed by atoms with Crippen molar-refractivity contribution in [3.63, 3.8) is 0 Å². The van der Waals surface area contributed by atoms with Gasteiger partial charge in [0.05, 0.1) is 87.8 Å². The van der Waals surface area contributed by atoms with E-state index < -0.39 is 6.98 Å². The number of pyridine rings is 5. The lowest BCUT2D eigenvalue weighted by atomic mass is 10.2. The maximum absolute atomic E-state index is 8.00. The Morgan fingerprint density at radius 2 is 0.990 bits per heavy atom. The van der Waals surface area contributed by atoms with Crippen LogP contribution in [0.1, 0.15) is 32.6 Å².